The largest absolute Gasteiger partial charge is 0.383 e. The highest BCUT2D eigenvalue weighted by Gasteiger charge is 2.18. The van der Waals surface area contributed by atoms with Gasteiger partial charge in [-0.2, -0.15) is 0 Å². The van der Waals surface area contributed by atoms with Crippen LogP contribution in [-0.4, -0.2) is 40.5 Å². The highest BCUT2D eigenvalue weighted by atomic mass is 32.1. The Bertz CT molecular complexity index is 636. The third-order valence-electron chi connectivity index (χ3n) is 3.92. The Morgan fingerprint density at radius 2 is 2.20 bits per heavy atom. The smallest absolute Gasteiger partial charge is 0.146 e. The van der Waals surface area contributed by atoms with Crippen molar-refractivity contribution in [1.29, 1.82) is 0 Å². The molecule has 1 aliphatic rings. The number of hydrogen-bond donors (Lipinski definition) is 2. The molecule has 0 bridgehead atoms. The number of hydrogen-bond acceptors (Lipinski definition) is 6. The molecule has 1 saturated heterocycles. The molecule has 20 heavy (non-hydrogen) atoms. The van der Waals surface area contributed by atoms with Gasteiger partial charge < -0.3 is 11.1 Å². The first-order valence-corrected chi connectivity index (χ1v) is 7.84. The number of anilines is 1. The van der Waals surface area contributed by atoms with Crippen molar-refractivity contribution in [3.63, 3.8) is 0 Å². The zero-order valence-electron chi connectivity index (χ0n) is 12.2. The third-order valence-corrected chi connectivity index (χ3v) is 5.02. The molecular formula is C14H21N5S. The molecule has 2 aromatic rings. The molecule has 0 aliphatic carbocycles. The summed E-state index contributed by atoms with van der Waals surface area (Å²) in [5, 5.41) is 4.48. The molecule has 3 N–H and O–H groups in total. The van der Waals surface area contributed by atoms with Crippen molar-refractivity contribution in [3.05, 3.63) is 16.3 Å². The number of nitrogen functional groups attached to an aromatic ring is 1. The third kappa shape index (κ3) is 2.51. The molecule has 2 aromatic heterocycles. The Morgan fingerprint density at radius 3 is 2.95 bits per heavy atom. The predicted octanol–water partition coefficient (Wildman–Crippen LogP) is 1.68. The maximum absolute atomic E-state index is 6.13. The van der Waals surface area contributed by atoms with E-state index in [2.05, 4.69) is 36.0 Å². The summed E-state index contributed by atoms with van der Waals surface area (Å²) in [5.74, 6) is 1.46. The number of aromatic nitrogens is 2. The monoisotopic (exact) mass is 291 g/mol. The van der Waals surface area contributed by atoms with Crippen molar-refractivity contribution < 1.29 is 0 Å². The van der Waals surface area contributed by atoms with Gasteiger partial charge in [0.05, 0.1) is 11.9 Å². The quantitative estimate of drug-likeness (QED) is 0.881. The molecule has 0 unspecified atom stereocenters. The molecule has 0 amide bonds. The molecule has 0 spiro atoms. The minimum atomic E-state index is 0.524. The Morgan fingerprint density at radius 1 is 1.40 bits per heavy atom. The minimum absolute atomic E-state index is 0.524. The second-order valence-corrected chi connectivity index (χ2v) is 6.78. The van der Waals surface area contributed by atoms with Crippen molar-refractivity contribution in [3.8, 4) is 0 Å². The lowest BCUT2D eigenvalue weighted by Crippen LogP contribution is -2.48. The topological polar surface area (TPSA) is 67.1 Å². The molecule has 3 heterocycles. The molecule has 0 aromatic carbocycles. The highest BCUT2D eigenvalue weighted by Crippen LogP contribution is 2.31. The average molecular weight is 291 g/mol. The normalized spacial score (nSPS) is 20.6. The Kier molecular flexibility index (Phi) is 3.62. The summed E-state index contributed by atoms with van der Waals surface area (Å²) in [6.07, 6.45) is 0. The van der Waals surface area contributed by atoms with E-state index in [1.165, 1.54) is 10.4 Å². The number of nitrogens with zero attached hydrogens (tertiary/aromatic N) is 3. The zero-order chi connectivity index (χ0) is 14.3. The Labute approximate surface area is 123 Å². The van der Waals surface area contributed by atoms with Gasteiger partial charge in [-0.3, -0.25) is 4.90 Å². The minimum Gasteiger partial charge on any atom is -0.383 e. The van der Waals surface area contributed by atoms with Gasteiger partial charge in [0.25, 0.3) is 0 Å². The van der Waals surface area contributed by atoms with E-state index in [9.17, 15) is 0 Å². The van der Waals surface area contributed by atoms with Gasteiger partial charge in [0.2, 0.25) is 0 Å². The summed E-state index contributed by atoms with van der Waals surface area (Å²) in [6.45, 7) is 10.3. The number of thiophene rings is 1. The van der Waals surface area contributed by atoms with E-state index in [0.717, 1.165) is 42.2 Å². The second kappa shape index (κ2) is 5.27. The van der Waals surface area contributed by atoms with Gasteiger partial charge in [0, 0.05) is 30.6 Å². The second-order valence-electron chi connectivity index (χ2n) is 5.58. The molecule has 0 radical (unpaired) electrons. The van der Waals surface area contributed by atoms with Crippen LogP contribution < -0.4 is 11.1 Å². The first-order valence-electron chi connectivity index (χ1n) is 7.02. The van der Waals surface area contributed by atoms with Crippen LogP contribution in [0.5, 0.6) is 0 Å². The molecular weight excluding hydrogens is 270 g/mol. The van der Waals surface area contributed by atoms with E-state index in [1.807, 2.05) is 0 Å². The van der Waals surface area contributed by atoms with Gasteiger partial charge in [0.15, 0.2) is 0 Å². The number of rotatable bonds is 2. The molecule has 0 saturated carbocycles. The Balaban J connectivity index is 1.89. The van der Waals surface area contributed by atoms with Crippen LogP contribution in [0.25, 0.3) is 10.2 Å². The van der Waals surface area contributed by atoms with Crippen molar-refractivity contribution in [2.45, 2.75) is 33.4 Å². The van der Waals surface area contributed by atoms with Crippen molar-refractivity contribution >= 4 is 27.4 Å². The number of fused-ring (bicyclic) bond motifs is 1. The summed E-state index contributed by atoms with van der Waals surface area (Å²) < 4.78 is 0. The summed E-state index contributed by atoms with van der Waals surface area (Å²) in [5.41, 5.74) is 7.34. The van der Waals surface area contributed by atoms with Gasteiger partial charge in [-0.05, 0) is 26.3 Å². The number of aryl methyl sites for hydroxylation is 2. The lowest BCUT2D eigenvalue weighted by Gasteiger charge is -2.31. The average Bonchev–Trinajstić information content (AvgIpc) is 2.65. The van der Waals surface area contributed by atoms with Crippen molar-refractivity contribution in [2.75, 3.05) is 25.4 Å². The SMILES string of the molecule is Cc1sc2nc(CN3CCN[C@@H](C)C3)nc(N)c2c1C. The van der Waals surface area contributed by atoms with E-state index in [1.54, 1.807) is 11.3 Å². The van der Waals surface area contributed by atoms with Crippen LogP contribution in [0.3, 0.4) is 0 Å². The van der Waals surface area contributed by atoms with E-state index in [4.69, 9.17) is 10.7 Å². The van der Waals surface area contributed by atoms with E-state index in [-0.39, 0.29) is 0 Å². The molecule has 1 aliphatic heterocycles. The van der Waals surface area contributed by atoms with Crippen molar-refractivity contribution in [2.24, 2.45) is 0 Å². The maximum Gasteiger partial charge on any atom is 0.146 e. The first-order chi connectivity index (χ1) is 9.54. The van der Waals surface area contributed by atoms with E-state index >= 15 is 0 Å². The lowest BCUT2D eigenvalue weighted by atomic mass is 10.2. The van der Waals surface area contributed by atoms with Crippen LogP contribution in [-0.2, 0) is 6.54 Å². The Hall–Kier alpha value is -1.24. The van der Waals surface area contributed by atoms with Crippen LogP contribution in [0, 0.1) is 13.8 Å². The molecule has 3 rings (SSSR count). The molecule has 6 heteroatoms. The van der Waals surface area contributed by atoms with E-state index < -0.39 is 0 Å². The van der Waals surface area contributed by atoms with Gasteiger partial charge in [-0.15, -0.1) is 11.3 Å². The maximum atomic E-state index is 6.13. The molecule has 108 valence electrons. The van der Waals surface area contributed by atoms with Crippen LogP contribution in [0.4, 0.5) is 5.82 Å². The van der Waals surface area contributed by atoms with E-state index in [0.29, 0.717) is 11.9 Å². The lowest BCUT2D eigenvalue weighted by molar-refractivity contribution is 0.196. The van der Waals surface area contributed by atoms with Crippen LogP contribution in [0.15, 0.2) is 0 Å². The highest BCUT2D eigenvalue weighted by molar-refractivity contribution is 7.18. The molecule has 1 fully saturated rings. The van der Waals surface area contributed by atoms with Crippen LogP contribution in [0.2, 0.25) is 0 Å². The number of nitrogens with one attached hydrogen (secondary N) is 1. The number of piperazine rings is 1. The van der Waals surface area contributed by atoms with Crippen LogP contribution in [0.1, 0.15) is 23.2 Å². The summed E-state index contributed by atoms with van der Waals surface area (Å²) in [7, 11) is 0. The predicted molar refractivity (Wildman–Crippen MR) is 84.0 cm³/mol. The fourth-order valence-electron chi connectivity index (χ4n) is 2.75. The number of nitrogens with two attached hydrogens (primary N) is 1. The van der Waals surface area contributed by atoms with Crippen LogP contribution >= 0.6 is 11.3 Å². The molecule has 5 nitrogen and oxygen atoms in total. The standard InChI is InChI=1S/C14H21N5S/c1-8-6-19(5-4-16-8)7-11-17-13(15)12-9(2)10(3)20-14(12)18-11/h8,16H,4-7H2,1-3H3,(H2,15,17,18)/t8-/m0/s1. The van der Waals surface area contributed by atoms with Gasteiger partial charge in [0.1, 0.15) is 16.5 Å². The summed E-state index contributed by atoms with van der Waals surface area (Å²) >= 11 is 1.71. The fourth-order valence-corrected chi connectivity index (χ4v) is 3.81. The zero-order valence-corrected chi connectivity index (χ0v) is 13.0. The van der Waals surface area contributed by atoms with Gasteiger partial charge in [-0.1, -0.05) is 0 Å². The van der Waals surface area contributed by atoms with Gasteiger partial charge in [-0.25, -0.2) is 9.97 Å². The summed E-state index contributed by atoms with van der Waals surface area (Å²) in [4.78, 5) is 13.9. The first kappa shape index (κ1) is 13.7. The van der Waals surface area contributed by atoms with Crippen molar-refractivity contribution in [1.82, 2.24) is 20.2 Å². The molecule has 1 atom stereocenters. The fraction of sp³-hybridized carbons (Fsp3) is 0.571. The summed E-state index contributed by atoms with van der Waals surface area (Å²) in [6, 6.07) is 0.524. The van der Waals surface area contributed by atoms with Gasteiger partial charge >= 0.3 is 0 Å².